The first-order valence-electron chi connectivity index (χ1n) is 12.8. The first kappa shape index (κ1) is 26.9. The smallest absolute Gasteiger partial charge is 0.336 e. The quantitative estimate of drug-likeness (QED) is 0.257. The highest BCUT2D eigenvalue weighted by Gasteiger charge is 2.43. The molecule has 0 bridgehead atoms. The second kappa shape index (κ2) is 10.7. The summed E-state index contributed by atoms with van der Waals surface area (Å²) in [7, 11) is 0. The van der Waals surface area contributed by atoms with Crippen LogP contribution in [0.4, 0.5) is 0 Å². The number of rotatable bonds is 8. The van der Waals surface area contributed by atoms with Crippen LogP contribution in [0.1, 0.15) is 84.6 Å². The van der Waals surface area contributed by atoms with E-state index in [1.54, 1.807) is 30.3 Å². The fourth-order valence-corrected chi connectivity index (χ4v) is 4.92. The molecule has 0 atom stereocenters. The summed E-state index contributed by atoms with van der Waals surface area (Å²) in [4.78, 5) is 36.8. The second-order valence-corrected chi connectivity index (χ2v) is 9.75. The van der Waals surface area contributed by atoms with Crippen LogP contribution in [0, 0.1) is 13.8 Å². The van der Waals surface area contributed by atoms with E-state index in [-0.39, 0.29) is 30.3 Å². The zero-order valence-corrected chi connectivity index (χ0v) is 22.3. The number of ether oxygens (including phenoxy) is 3. The molecule has 0 aromatic heterocycles. The lowest BCUT2D eigenvalue weighted by Crippen LogP contribution is -2.32. The number of aromatic carboxylic acids is 1. The van der Waals surface area contributed by atoms with Crippen LogP contribution < -0.4 is 14.2 Å². The molecule has 3 aromatic carbocycles. The van der Waals surface area contributed by atoms with Crippen LogP contribution in [-0.4, -0.2) is 23.0 Å². The zero-order chi connectivity index (χ0) is 27.6. The average molecular weight is 517 g/mol. The van der Waals surface area contributed by atoms with E-state index in [0.717, 1.165) is 22.3 Å². The lowest BCUT2D eigenvalue weighted by Gasteiger charge is -2.39. The molecule has 0 amide bonds. The Morgan fingerprint density at radius 1 is 0.789 bits per heavy atom. The SMILES string of the molecule is CCCC(=O)Oc1cc2c(cc1C)C(C)(c1ccccc1C(=O)O)c1cc(C)c(OC(=O)CCC)cc1O2. The summed E-state index contributed by atoms with van der Waals surface area (Å²) in [6.07, 6.45) is 1.90. The number of carboxylic acids is 1. The average Bonchev–Trinajstić information content (AvgIpc) is 2.86. The van der Waals surface area contributed by atoms with Gasteiger partial charge < -0.3 is 19.3 Å². The number of carbonyl (C=O) groups is 3. The molecule has 0 fully saturated rings. The Bertz CT molecular complexity index is 1340. The number of hydrogen-bond donors (Lipinski definition) is 1. The number of fused-ring (bicyclic) bond motifs is 2. The van der Waals surface area contributed by atoms with Crippen molar-refractivity contribution in [3.8, 4) is 23.0 Å². The minimum atomic E-state index is -1.04. The Labute approximate surface area is 222 Å². The molecule has 7 nitrogen and oxygen atoms in total. The van der Waals surface area contributed by atoms with Crippen molar-refractivity contribution in [3.05, 3.63) is 81.9 Å². The topological polar surface area (TPSA) is 99.1 Å². The number of hydrogen-bond acceptors (Lipinski definition) is 6. The minimum absolute atomic E-state index is 0.168. The van der Waals surface area contributed by atoms with Crippen molar-refractivity contribution in [2.75, 3.05) is 0 Å². The molecule has 4 rings (SSSR count). The predicted molar refractivity (Wildman–Crippen MR) is 142 cm³/mol. The molecule has 0 aliphatic carbocycles. The fraction of sp³-hybridized carbons (Fsp3) is 0.323. The van der Waals surface area contributed by atoms with Crippen molar-refractivity contribution < 1.29 is 33.7 Å². The van der Waals surface area contributed by atoms with Crippen molar-refractivity contribution in [2.45, 2.75) is 65.7 Å². The van der Waals surface area contributed by atoms with Crippen LogP contribution in [-0.2, 0) is 15.0 Å². The highest BCUT2D eigenvalue weighted by Crippen LogP contribution is 2.54. The molecule has 0 saturated heterocycles. The standard InChI is InChI=1S/C31H32O7/c1-6-10-28(32)37-24-16-26-22(14-18(24)3)31(5,21-13-9-8-12-20(21)30(34)35)23-15-19(4)25(17-27(23)36-26)38-29(33)11-7-2/h8-9,12-17H,6-7,10-11H2,1-5H3,(H,34,35). The van der Waals surface area contributed by atoms with E-state index < -0.39 is 11.4 Å². The molecule has 198 valence electrons. The predicted octanol–water partition coefficient (Wildman–Crippen LogP) is 6.87. The van der Waals surface area contributed by atoms with Gasteiger partial charge in [-0.2, -0.15) is 0 Å². The van der Waals surface area contributed by atoms with Gasteiger partial charge in [0, 0.05) is 36.1 Å². The molecule has 38 heavy (non-hydrogen) atoms. The van der Waals surface area contributed by atoms with E-state index in [1.165, 1.54) is 0 Å². The van der Waals surface area contributed by atoms with Gasteiger partial charge >= 0.3 is 17.9 Å². The summed E-state index contributed by atoms with van der Waals surface area (Å²) in [6.45, 7) is 9.45. The van der Waals surface area contributed by atoms with Gasteiger partial charge in [-0.1, -0.05) is 32.0 Å². The summed E-state index contributed by atoms with van der Waals surface area (Å²) < 4.78 is 17.6. The molecular weight excluding hydrogens is 484 g/mol. The van der Waals surface area contributed by atoms with Gasteiger partial charge in [0.05, 0.1) is 11.0 Å². The zero-order valence-electron chi connectivity index (χ0n) is 22.3. The van der Waals surface area contributed by atoms with E-state index in [1.807, 2.05) is 52.8 Å². The van der Waals surface area contributed by atoms with Crippen molar-refractivity contribution in [3.63, 3.8) is 0 Å². The number of carbonyl (C=O) groups excluding carboxylic acids is 2. The normalized spacial score (nSPS) is 13.1. The summed E-state index contributed by atoms with van der Waals surface area (Å²) in [5, 5.41) is 10.1. The lowest BCUT2D eigenvalue weighted by atomic mass is 9.67. The summed E-state index contributed by atoms with van der Waals surface area (Å²) in [5.41, 5.74) is 2.74. The van der Waals surface area contributed by atoms with Crippen molar-refractivity contribution >= 4 is 17.9 Å². The first-order valence-corrected chi connectivity index (χ1v) is 12.8. The second-order valence-electron chi connectivity index (χ2n) is 9.75. The molecule has 0 radical (unpaired) electrons. The maximum Gasteiger partial charge on any atom is 0.336 e. The Hall–Kier alpha value is -4.13. The number of esters is 2. The monoisotopic (exact) mass is 516 g/mol. The van der Waals surface area contributed by atoms with Gasteiger partial charge in [0.15, 0.2) is 0 Å². The first-order chi connectivity index (χ1) is 18.1. The van der Waals surface area contributed by atoms with E-state index >= 15 is 0 Å². The molecule has 0 saturated carbocycles. The molecule has 0 unspecified atom stereocenters. The highest BCUT2D eigenvalue weighted by atomic mass is 16.5. The van der Waals surface area contributed by atoms with Gasteiger partial charge in [-0.25, -0.2) is 4.79 Å². The molecule has 7 heteroatoms. The van der Waals surface area contributed by atoms with Crippen LogP contribution in [0.15, 0.2) is 48.5 Å². The van der Waals surface area contributed by atoms with Gasteiger partial charge in [0.2, 0.25) is 0 Å². The molecular formula is C31H32O7. The molecule has 1 N–H and O–H groups in total. The number of aryl methyl sites for hydroxylation is 2. The van der Waals surface area contributed by atoms with E-state index in [2.05, 4.69) is 0 Å². The largest absolute Gasteiger partial charge is 0.478 e. The third kappa shape index (κ3) is 4.88. The Morgan fingerprint density at radius 3 is 1.71 bits per heavy atom. The van der Waals surface area contributed by atoms with Crippen LogP contribution in [0.3, 0.4) is 0 Å². The van der Waals surface area contributed by atoms with Crippen molar-refractivity contribution in [1.29, 1.82) is 0 Å². The third-order valence-corrected chi connectivity index (χ3v) is 6.90. The fourth-order valence-electron chi connectivity index (χ4n) is 4.92. The highest BCUT2D eigenvalue weighted by molar-refractivity contribution is 5.91. The lowest BCUT2D eigenvalue weighted by molar-refractivity contribution is -0.135. The maximum atomic E-state index is 12.3. The minimum Gasteiger partial charge on any atom is -0.478 e. The molecule has 3 aromatic rings. The van der Waals surface area contributed by atoms with Gasteiger partial charge in [-0.15, -0.1) is 0 Å². The summed E-state index contributed by atoms with van der Waals surface area (Å²) >= 11 is 0. The summed E-state index contributed by atoms with van der Waals surface area (Å²) in [6, 6.07) is 14.0. The molecule has 1 aliphatic rings. The molecule has 1 heterocycles. The van der Waals surface area contributed by atoms with Gasteiger partial charge in [0.25, 0.3) is 0 Å². The van der Waals surface area contributed by atoms with Crippen LogP contribution in [0.5, 0.6) is 23.0 Å². The third-order valence-electron chi connectivity index (χ3n) is 6.90. The van der Waals surface area contributed by atoms with E-state index in [4.69, 9.17) is 14.2 Å². The van der Waals surface area contributed by atoms with Crippen molar-refractivity contribution in [2.24, 2.45) is 0 Å². The maximum absolute atomic E-state index is 12.3. The molecule has 1 aliphatic heterocycles. The Kier molecular flexibility index (Phi) is 7.58. The van der Waals surface area contributed by atoms with E-state index in [0.29, 0.717) is 41.4 Å². The Balaban J connectivity index is 1.96. The summed E-state index contributed by atoms with van der Waals surface area (Å²) in [5.74, 6) is -0.111. The van der Waals surface area contributed by atoms with Gasteiger partial charge in [-0.05, 0) is 68.5 Å². The van der Waals surface area contributed by atoms with Gasteiger partial charge in [0.1, 0.15) is 23.0 Å². The van der Waals surface area contributed by atoms with Crippen LogP contribution in [0.25, 0.3) is 0 Å². The van der Waals surface area contributed by atoms with E-state index in [9.17, 15) is 19.5 Å². The van der Waals surface area contributed by atoms with Crippen molar-refractivity contribution in [1.82, 2.24) is 0 Å². The van der Waals surface area contributed by atoms with Crippen LogP contribution >= 0.6 is 0 Å². The van der Waals surface area contributed by atoms with Gasteiger partial charge in [-0.3, -0.25) is 9.59 Å². The molecule has 0 spiro atoms. The van der Waals surface area contributed by atoms with Crippen LogP contribution in [0.2, 0.25) is 0 Å². The number of benzene rings is 3. The Morgan fingerprint density at radius 2 is 1.26 bits per heavy atom. The number of carboxylic acid groups (broad SMARTS) is 1.